The molecule has 6 heavy (non-hydrogen) atoms. The van der Waals surface area contributed by atoms with Gasteiger partial charge in [-0.25, -0.2) is 0 Å². The number of rotatable bonds is 0. The van der Waals surface area contributed by atoms with Crippen LogP contribution in [0.1, 0.15) is 0 Å². The zero-order chi connectivity index (χ0) is 5.41. The van der Waals surface area contributed by atoms with Gasteiger partial charge >= 0.3 is 54.5 Å². The Morgan fingerprint density at radius 3 is 0.667 bits per heavy atom. The van der Waals surface area contributed by atoms with Crippen LogP contribution in [0.25, 0.3) is 0 Å². The fraction of sp³-hybridized carbons (Fsp3) is 0. The van der Waals surface area contributed by atoms with E-state index in [1.54, 1.807) is 0 Å². The van der Waals surface area contributed by atoms with Crippen LogP contribution >= 0.6 is 0 Å². The van der Waals surface area contributed by atoms with E-state index in [1.165, 1.54) is 0 Å². The Hall–Kier alpha value is 0.797. The summed E-state index contributed by atoms with van der Waals surface area (Å²) < 4.78 is 34.2. The van der Waals surface area contributed by atoms with Crippen LogP contribution in [0.5, 0.6) is 0 Å². The van der Waals surface area contributed by atoms with E-state index in [1.807, 2.05) is 0 Å². The molecule has 0 radical (unpaired) electrons. The van der Waals surface area contributed by atoms with Crippen LogP contribution in [0, 0.1) is 0 Å². The molecule has 0 aliphatic heterocycles. The number of hydrogen-bond acceptors (Lipinski definition) is 4. The molecule has 0 fully saturated rings. The van der Waals surface area contributed by atoms with Crippen molar-refractivity contribution in [3.05, 3.63) is 0 Å². The Bertz CT molecular complexity index is 59.5. The summed E-state index contributed by atoms with van der Waals surface area (Å²) >= 11 is -4.54. The summed E-state index contributed by atoms with van der Waals surface area (Å²) in [6.45, 7) is 0. The maximum absolute atomic E-state index is 8.54. The predicted molar refractivity (Wildman–Crippen MR) is 14.3 cm³/mol. The average molecular weight is 301 g/mol. The molecule has 0 aromatic carbocycles. The monoisotopic (exact) mass is 304 g/mol. The van der Waals surface area contributed by atoms with E-state index in [4.69, 9.17) is 12.3 Å². The molecule has 32 valence electrons. The summed E-state index contributed by atoms with van der Waals surface area (Å²) in [6.07, 6.45) is 0. The molecule has 0 amide bonds. The quantitative estimate of drug-likeness (QED) is 0.525. The second-order valence-electron chi connectivity index (χ2n) is 0.167. The van der Waals surface area contributed by atoms with Gasteiger partial charge in [0.1, 0.15) is 0 Å². The van der Waals surface area contributed by atoms with E-state index in [9.17, 15) is 0 Å². The minimum absolute atomic E-state index is 2.27. The van der Waals surface area contributed by atoms with Crippen molar-refractivity contribution in [2.75, 3.05) is 0 Å². The van der Waals surface area contributed by atoms with Gasteiger partial charge in [0.15, 0.2) is 0 Å². The fourth-order valence-electron chi connectivity index (χ4n) is 0. The number of hydrogen-bond donors (Lipinski definition) is 0. The van der Waals surface area contributed by atoms with Gasteiger partial charge in [-0.15, -0.1) is 0 Å². The topological polar surface area (TPSA) is 68.3 Å². The van der Waals surface area contributed by atoms with E-state index in [2.05, 4.69) is 0 Å². The Labute approximate surface area is 54.3 Å². The molecule has 0 atom stereocenters. The third kappa shape index (κ3) is 109. The van der Waals surface area contributed by atoms with Crippen molar-refractivity contribution >= 4 is 42.2 Å². The fourth-order valence-corrected chi connectivity index (χ4v) is 0. The second-order valence-corrected chi connectivity index (χ2v) is 1.12. The first-order valence-corrected chi connectivity index (χ1v) is 5.48. The summed E-state index contributed by atoms with van der Waals surface area (Å²) in [5.74, 6) is 0. The molecule has 0 aromatic rings. The van der Waals surface area contributed by atoms with Gasteiger partial charge < -0.3 is 0 Å². The molecule has 0 aliphatic carbocycles. The van der Waals surface area contributed by atoms with Crippen molar-refractivity contribution < 1.29 is 12.3 Å². The molecule has 0 saturated carbocycles. The Balaban J connectivity index is 0. The van der Waals surface area contributed by atoms with Crippen LogP contribution in [0.15, 0.2) is 0 Å². The summed E-state index contributed by atoms with van der Waals surface area (Å²) in [6, 6.07) is 0. The van der Waals surface area contributed by atoms with E-state index < -0.39 is 42.2 Å². The average Bonchev–Trinajstić information content (AvgIpc) is 1.39. The third-order valence-electron chi connectivity index (χ3n) is 0. The Morgan fingerprint density at radius 2 is 0.667 bits per heavy atom. The van der Waals surface area contributed by atoms with Gasteiger partial charge in [-0.1, -0.05) is 0 Å². The van der Waals surface area contributed by atoms with Crippen molar-refractivity contribution in [2.24, 2.45) is 0 Å². The molecule has 6 heteroatoms. The summed E-state index contributed by atoms with van der Waals surface area (Å²) in [5.41, 5.74) is 0. The van der Waals surface area contributed by atoms with Crippen LogP contribution in [0.2, 0.25) is 0 Å². The second kappa shape index (κ2) is 17.1. The van der Waals surface area contributed by atoms with Crippen LogP contribution in [-0.2, 0) is 12.3 Å². The molecule has 0 saturated heterocycles. The Morgan fingerprint density at radius 1 is 0.667 bits per heavy atom. The molecular weight excluding hydrogens is 301 g/mol. The summed E-state index contributed by atoms with van der Waals surface area (Å²) in [4.78, 5) is 0. The molecular formula is O4Sn2. The van der Waals surface area contributed by atoms with Gasteiger partial charge in [0, 0.05) is 0 Å². The van der Waals surface area contributed by atoms with Crippen molar-refractivity contribution in [1.82, 2.24) is 0 Å². The standard InChI is InChI=1S/4O.2Sn. The molecule has 0 spiro atoms. The van der Waals surface area contributed by atoms with E-state index in [0.29, 0.717) is 0 Å². The molecule has 4 nitrogen and oxygen atoms in total. The normalized spacial score (nSPS) is 2.67. The van der Waals surface area contributed by atoms with Gasteiger partial charge in [-0.3, -0.25) is 0 Å². The first-order valence-electron chi connectivity index (χ1n) is 0.816. The first kappa shape index (κ1) is 9.93. The van der Waals surface area contributed by atoms with Gasteiger partial charge in [0.2, 0.25) is 0 Å². The molecule has 0 N–H and O–H groups in total. The van der Waals surface area contributed by atoms with E-state index >= 15 is 0 Å². The molecule has 0 rings (SSSR count). The van der Waals surface area contributed by atoms with Crippen molar-refractivity contribution in [2.45, 2.75) is 0 Å². The third-order valence-corrected chi connectivity index (χ3v) is 0. The van der Waals surface area contributed by atoms with Crippen molar-refractivity contribution in [3.8, 4) is 0 Å². The minimum atomic E-state index is -2.27. The van der Waals surface area contributed by atoms with Gasteiger partial charge in [0.25, 0.3) is 0 Å². The summed E-state index contributed by atoms with van der Waals surface area (Å²) in [5, 5.41) is 0. The first-order chi connectivity index (χ1) is 2.83. The summed E-state index contributed by atoms with van der Waals surface area (Å²) in [7, 11) is 0. The van der Waals surface area contributed by atoms with E-state index in [-0.39, 0.29) is 0 Å². The van der Waals surface area contributed by atoms with Crippen LogP contribution < -0.4 is 0 Å². The van der Waals surface area contributed by atoms with Gasteiger partial charge in [0.05, 0.1) is 0 Å². The van der Waals surface area contributed by atoms with Gasteiger partial charge in [-0.2, -0.15) is 0 Å². The molecule has 0 bridgehead atoms. The van der Waals surface area contributed by atoms with Crippen LogP contribution in [0.3, 0.4) is 0 Å². The van der Waals surface area contributed by atoms with E-state index in [0.717, 1.165) is 0 Å². The van der Waals surface area contributed by atoms with Gasteiger partial charge in [-0.05, 0) is 0 Å². The Kier molecular flexibility index (Phi) is 28.2. The molecule has 0 unspecified atom stereocenters. The van der Waals surface area contributed by atoms with Crippen LogP contribution in [0.4, 0.5) is 0 Å². The SMILES string of the molecule is [O]=[Sn]=[O].[O]=[Sn]=[O]. The maximum atomic E-state index is 8.54. The van der Waals surface area contributed by atoms with Crippen LogP contribution in [-0.4, -0.2) is 42.2 Å². The molecule has 0 aromatic heterocycles. The van der Waals surface area contributed by atoms with Crippen molar-refractivity contribution in [3.63, 3.8) is 0 Å². The predicted octanol–water partition coefficient (Wildman–Crippen LogP) is -1.24. The zero-order valence-corrected chi connectivity index (χ0v) is 8.34. The molecule has 0 heterocycles. The van der Waals surface area contributed by atoms with Crippen molar-refractivity contribution in [1.29, 1.82) is 0 Å². The molecule has 0 aliphatic rings. The zero-order valence-electron chi connectivity index (χ0n) is 2.63.